The van der Waals surface area contributed by atoms with E-state index in [0.29, 0.717) is 18.0 Å². The number of nitrogens with one attached hydrogen (secondary N) is 1. The van der Waals surface area contributed by atoms with Crippen molar-refractivity contribution in [2.24, 2.45) is 0 Å². The Labute approximate surface area is 164 Å². The summed E-state index contributed by atoms with van der Waals surface area (Å²) < 4.78 is 16.9. The smallest absolute Gasteiger partial charge is 0.262 e. The highest BCUT2D eigenvalue weighted by molar-refractivity contribution is 5.92. The van der Waals surface area contributed by atoms with Gasteiger partial charge in [-0.25, -0.2) is 0 Å². The first-order chi connectivity index (χ1) is 13.8. The van der Waals surface area contributed by atoms with Gasteiger partial charge in [-0.2, -0.15) is 0 Å². The molecule has 1 unspecified atom stereocenters. The molecule has 1 amide bonds. The molecule has 0 bridgehead atoms. The fourth-order valence-electron chi connectivity index (χ4n) is 3.20. The van der Waals surface area contributed by atoms with Gasteiger partial charge in [-0.1, -0.05) is 30.3 Å². The van der Waals surface area contributed by atoms with Gasteiger partial charge in [0.05, 0.1) is 6.10 Å². The molecule has 1 aliphatic rings. The molecule has 0 saturated carbocycles. The van der Waals surface area contributed by atoms with Gasteiger partial charge in [0.25, 0.3) is 5.91 Å². The zero-order valence-corrected chi connectivity index (χ0v) is 15.6. The number of amides is 1. The lowest BCUT2D eigenvalue weighted by Crippen LogP contribution is -2.20. The zero-order chi connectivity index (χ0) is 19.2. The minimum Gasteiger partial charge on any atom is -0.491 e. The standard InChI is InChI=1S/C23H23NO4/c25-23(16-28-21-10-7-17-4-1-2-5-18(17)14-21)24-19-8-11-20(12-9-19)27-15-22-6-3-13-26-22/h1-2,4-5,7-12,14,22H,3,6,13,15-16H2,(H,24,25). The Morgan fingerprint density at radius 1 is 0.964 bits per heavy atom. The average Bonchev–Trinajstić information content (AvgIpc) is 3.25. The van der Waals surface area contributed by atoms with Crippen molar-refractivity contribution in [1.29, 1.82) is 0 Å². The lowest BCUT2D eigenvalue weighted by atomic mass is 10.1. The predicted molar refractivity (Wildman–Crippen MR) is 109 cm³/mol. The van der Waals surface area contributed by atoms with Crippen LogP contribution in [0.25, 0.3) is 10.8 Å². The third-order valence-corrected chi connectivity index (χ3v) is 4.69. The highest BCUT2D eigenvalue weighted by atomic mass is 16.5. The van der Waals surface area contributed by atoms with Crippen molar-refractivity contribution >= 4 is 22.4 Å². The van der Waals surface area contributed by atoms with Crippen molar-refractivity contribution in [2.45, 2.75) is 18.9 Å². The summed E-state index contributed by atoms with van der Waals surface area (Å²) in [6, 6.07) is 21.1. The fourth-order valence-corrected chi connectivity index (χ4v) is 3.20. The van der Waals surface area contributed by atoms with Crippen molar-refractivity contribution in [2.75, 3.05) is 25.1 Å². The van der Waals surface area contributed by atoms with E-state index in [1.54, 1.807) is 0 Å². The Hall–Kier alpha value is -3.05. The van der Waals surface area contributed by atoms with Crippen LogP contribution >= 0.6 is 0 Å². The first-order valence-electron chi connectivity index (χ1n) is 9.52. The molecule has 1 N–H and O–H groups in total. The van der Waals surface area contributed by atoms with Gasteiger partial charge in [0.2, 0.25) is 0 Å². The summed E-state index contributed by atoms with van der Waals surface area (Å²) in [4.78, 5) is 12.2. The second-order valence-electron chi connectivity index (χ2n) is 6.82. The second kappa shape index (κ2) is 8.76. The normalized spacial score (nSPS) is 16.1. The molecule has 3 aromatic carbocycles. The van der Waals surface area contributed by atoms with Gasteiger partial charge in [-0.3, -0.25) is 4.79 Å². The van der Waals surface area contributed by atoms with Crippen molar-refractivity contribution < 1.29 is 19.0 Å². The quantitative estimate of drug-likeness (QED) is 0.662. The molecule has 1 aliphatic heterocycles. The highest BCUT2D eigenvalue weighted by Crippen LogP contribution is 2.21. The van der Waals surface area contributed by atoms with Crippen LogP contribution in [0.5, 0.6) is 11.5 Å². The number of anilines is 1. The minimum atomic E-state index is -0.207. The lowest BCUT2D eigenvalue weighted by Gasteiger charge is -2.12. The maximum absolute atomic E-state index is 12.2. The summed E-state index contributed by atoms with van der Waals surface area (Å²) in [7, 11) is 0. The SMILES string of the molecule is O=C(COc1ccc2ccccc2c1)Nc1ccc(OCC2CCCO2)cc1. The number of hydrogen-bond donors (Lipinski definition) is 1. The van der Waals surface area contributed by atoms with Gasteiger partial charge in [-0.15, -0.1) is 0 Å². The number of rotatable bonds is 7. The van der Waals surface area contributed by atoms with Crippen LogP contribution in [-0.2, 0) is 9.53 Å². The Bertz CT molecular complexity index is 933. The van der Waals surface area contributed by atoms with Crippen molar-refractivity contribution in [3.05, 3.63) is 66.7 Å². The van der Waals surface area contributed by atoms with E-state index in [1.165, 1.54) is 0 Å². The summed E-state index contributed by atoms with van der Waals surface area (Å²) in [6.07, 6.45) is 2.33. The van der Waals surface area contributed by atoms with E-state index in [0.717, 1.165) is 36.0 Å². The number of benzene rings is 3. The van der Waals surface area contributed by atoms with Crippen LogP contribution in [0.4, 0.5) is 5.69 Å². The number of hydrogen-bond acceptors (Lipinski definition) is 4. The zero-order valence-electron chi connectivity index (χ0n) is 15.6. The molecule has 4 rings (SSSR count). The van der Waals surface area contributed by atoms with Crippen LogP contribution in [0, 0.1) is 0 Å². The molecule has 1 fully saturated rings. The average molecular weight is 377 g/mol. The molecule has 3 aromatic rings. The molecule has 5 heteroatoms. The third-order valence-electron chi connectivity index (χ3n) is 4.69. The fraction of sp³-hybridized carbons (Fsp3) is 0.261. The van der Waals surface area contributed by atoms with E-state index in [4.69, 9.17) is 14.2 Å². The van der Waals surface area contributed by atoms with Crippen molar-refractivity contribution in [3.8, 4) is 11.5 Å². The number of fused-ring (bicyclic) bond motifs is 1. The molecular formula is C23H23NO4. The predicted octanol–water partition coefficient (Wildman–Crippen LogP) is 4.42. The van der Waals surface area contributed by atoms with Gasteiger partial charge < -0.3 is 19.5 Å². The summed E-state index contributed by atoms with van der Waals surface area (Å²) in [5.74, 6) is 1.23. The van der Waals surface area contributed by atoms with Gasteiger partial charge in [0.1, 0.15) is 18.1 Å². The van der Waals surface area contributed by atoms with E-state index in [9.17, 15) is 4.79 Å². The number of carbonyl (C=O) groups is 1. The Morgan fingerprint density at radius 3 is 2.54 bits per heavy atom. The largest absolute Gasteiger partial charge is 0.491 e. The Balaban J connectivity index is 1.25. The van der Waals surface area contributed by atoms with Crippen LogP contribution in [-0.4, -0.2) is 31.8 Å². The van der Waals surface area contributed by atoms with Gasteiger partial charge in [0, 0.05) is 12.3 Å². The molecule has 0 aromatic heterocycles. The molecule has 0 aliphatic carbocycles. The second-order valence-corrected chi connectivity index (χ2v) is 6.82. The molecule has 0 radical (unpaired) electrons. The van der Waals surface area contributed by atoms with Crippen molar-refractivity contribution in [3.63, 3.8) is 0 Å². The van der Waals surface area contributed by atoms with E-state index in [-0.39, 0.29) is 18.6 Å². The van der Waals surface area contributed by atoms with E-state index < -0.39 is 0 Å². The third kappa shape index (κ3) is 4.81. The molecule has 144 valence electrons. The summed E-state index contributed by atoms with van der Waals surface area (Å²) in [5, 5.41) is 5.05. The maximum atomic E-state index is 12.2. The van der Waals surface area contributed by atoms with Gasteiger partial charge in [0.15, 0.2) is 6.61 Å². The van der Waals surface area contributed by atoms with E-state index >= 15 is 0 Å². The molecule has 1 atom stereocenters. The Morgan fingerprint density at radius 2 is 1.75 bits per heavy atom. The first kappa shape index (κ1) is 18.3. The van der Waals surface area contributed by atoms with Gasteiger partial charge >= 0.3 is 0 Å². The number of ether oxygens (including phenoxy) is 3. The molecule has 1 heterocycles. The summed E-state index contributed by atoms with van der Waals surface area (Å²) in [5.41, 5.74) is 0.705. The van der Waals surface area contributed by atoms with Crippen molar-refractivity contribution in [1.82, 2.24) is 0 Å². The van der Waals surface area contributed by atoms with Crippen LogP contribution in [0.2, 0.25) is 0 Å². The summed E-state index contributed by atoms with van der Waals surface area (Å²) >= 11 is 0. The Kier molecular flexibility index (Phi) is 5.73. The van der Waals surface area contributed by atoms with Crippen LogP contribution in [0.3, 0.4) is 0 Å². The van der Waals surface area contributed by atoms with Gasteiger partial charge in [-0.05, 0) is 60.0 Å². The molecule has 0 spiro atoms. The molecule has 1 saturated heterocycles. The van der Waals surface area contributed by atoms with Crippen LogP contribution in [0.15, 0.2) is 66.7 Å². The minimum absolute atomic E-state index is 0.0460. The number of carbonyl (C=O) groups excluding carboxylic acids is 1. The highest BCUT2D eigenvalue weighted by Gasteiger charge is 2.15. The summed E-state index contributed by atoms with van der Waals surface area (Å²) in [6.45, 7) is 1.33. The maximum Gasteiger partial charge on any atom is 0.262 e. The molecule has 5 nitrogen and oxygen atoms in total. The van der Waals surface area contributed by atoms with Crippen LogP contribution in [0.1, 0.15) is 12.8 Å². The first-order valence-corrected chi connectivity index (χ1v) is 9.52. The van der Waals surface area contributed by atoms with E-state index in [1.807, 2.05) is 66.7 Å². The monoisotopic (exact) mass is 377 g/mol. The molecular weight excluding hydrogens is 354 g/mol. The van der Waals surface area contributed by atoms with Crippen LogP contribution < -0.4 is 14.8 Å². The lowest BCUT2D eigenvalue weighted by molar-refractivity contribution is -0.118. The molecule has 28 heavy (non-hydrogen) atoms. The van der Waals surface area contributed by atoms with E-state index in [2.05, 4.69) is 5.32 Å². The topological polar surface area (TPSA) is 56.8 Å².